The standard InChI is InChI=1S/C27H23F3N2O5S2/c1-38-24-12-10-21(11-13-24)31-26(33)32(18-23-8-4-14-36-23)17-19-5-2-7-22(15-19)37-39(34,35)25-9-3-6-20(16-25)27(28,29)30/h2-16H,17-18H2,1H3,(H,31,33). The Bertz CT molecular complexity index is 1520. The van der Waals surface area contributed by atoms with E-state index in [4.69, 9.17) is 8.60 Å². The molecule has 4 aromatic rings. The number of carbonyl (C=O) groups is 1. The maximum atomic E-state index is 13.2. The van der Waals surface area contributed by atoms with Gasteiger partial charge in [-0.2, -0.15) is 21.6 Å². The Morgan fingerprint density at radius 3 is 2.38 bits per heavy atom. The van der Waals surface area contributed by atoms with Gasteiger partial charge in [-0.3, -0.25) is 0 Å². The van der Waals surface area contributed by atoms with Gasteiger partial charge < -0.3 is 18.8 Å². The molecule has 0 aliphatic carbocycles. The predicted octanol–water partition coefficient (Wildman–Crippen LogP) is 7.02. The Kier molecular flexibility index (Phi) is 8.56. The summed E-state index contributed by atoms with van der Waals surface area (Å²) < 4.78 is 75.1. The van der Waals surface area contributed by atoms with Crippen LogP contribution in [0.15, 0.2) is 105 Å². The number of halogens is 3. The van der Waals surface area contributed by atoms with Crippen LogP contribution < -0.4 is 9.50 Å². The van der Waals surface area contributed by atoms with Gasteiger partial charge in [0.25, 0.3) is 0 Å². The SMILES string of the molecule is CSc1ccc(NC(=O)N(Cc2cccc(OS(=O)(=O)c3cccc(C(F)(F)F)c3)c2)Cc2ccco2)cc1. The zero-order valence-electron chi connectivity index (χ0n) is 20.5. The molecule has 39 heavy (non-hydrogen) atoms. The van der Waals surface area contributed by atoms with E-state index in [1.165, 1.54) is 29.4 Å². The number of hydrogen-bond donors (Lipinski definition) is 1. The third-order valence-electron chi connectivity index (χ3n) is 5.48. The molecule has 3 aromatic carbocycles. The first-order chi connectivity index (χ1) is 18.5. The molecule has 1 aromatic heterocycles. The molecule has 1 heterocycles. The van der Waals surface area contributed by atoms with Crippen LogP contribution in [0.2, 0.25) is 0 Å². The van der Waals surface area contributed by atoms with Crippen LogP contribution in [0.1, 0.15) is 16.9 Å². The Morgan fingerprint density at radius 2 is 1.72 bits per heavy atom. The summed E-state index contributed by atoms with van der Waals surface area (Å²) in [6, 6.07) is 19.6. The number of anilines is 1. The number of amides is 2. The molecule has 0 saturated carbocycles. The highest BCUT2D eigenvalue weighted by Gasteiger charge is 2.32. The third-order valence-corrected chi connectivity index (χ3v) is 7.47. The number of nitrogens with zero attached hydrogens (tertiary/aromatic N) is 1. The van der Waals surface area contributed by atoms with E-state index in [-0.39, 0.29) is 18.8 Å². The molecule has 0 aliphatic heterocycles. The fourth-order valence-electron chi connectivity index (χ4n) is 3.59. The van der Waals surface area contributed by atoms with Crippen molar-refractivity contribution in [3.63, 3.8) is 0 Å². The number of nitrogens with one attached hydrogen (secondary N) is 1. The molecule has 0 unspecified atom stereocenters. The van der Waals surface area contributed by atoms with Gasteiger partial charge in [-0.1, -0.05) is 18.2 Å². The van der Waals surface area contributed by atoms with E-state index in [0.717, 1.165) is 23.1 Å². The molecule has 204 valence electrons. The minimum Gasteiger partial charge on any atom is -0.467 e. The molecule has 0 saturated heterocycles. The van der Waals surface area contributed by atoms with Crippen molar-refractivity contribution >= 4 is 33.6 Å². The summed E-state index contributed by atoms with van der Waals surface area (Å²) in [5.74, 6) is 0.415. The van der Waals surface area contributed by atoms with E-state index in [2.05, 4.69) is 5.32 Å². The largest absolute Gasteiger partial charge is 0.467 e. The van der Waals surface area contributed by atoms with Gasteiger partial charge >= 0.3 is 22.3 Å². The van der Waals surface area contributed by atoms with Crippen LogP contribution in [-0.2, 0) is 29.4 Å². The zero-order chi connectivity index (χ0) is 28.0. The van der Waals surface area contributed by atoms with Crippen molar-refractivity contribution in [3.8, 4) is 5.75 Å². The van der Waals surface area contributed by atoms with E-state index in [1.54, 1.807) is 42.1 Å². The average molecular weight is 577 g/mol. The number of alkyl halides is 3. The fourth-order valence-corrected chi connectivity index (χ4v) is 4.96. The minimum atomic E-state index is -4.71. The topological polar surface area (TPSA) is 88.9 Å². The lowest BCUT2D eigenvalue weighted by atomic mass is 10.2. The van der Waals surface area contributed by atoms with Crippen molar-refractivity contribution in [2.75, 3.05) is 11.6 Å². The lowest BCUT2D eigenvalue weighted by Gasteiger charge is -2.23. The van der Waals surface area contributed by atoms with Gasteiger partial charge in [0, 0.05) is 17.1 Å². The third kappa shape index (κ3) is 7.58. The highest BCUT2D eigenvalue weighted by Crippen LogP contribution is 2.31. The molecule has 0 radical (unpaired) electrons. The van der Waals surface area contributed by atoms with Crippen LogP contribution in [0.25, 0.3) is 0 Å². The summed E-state index contributed by atoms with van der Waals surface area (Å²) in [6.45, 7) is 0.172. The predicted molar refractivity (Wildman–Crippen MR) is 141 cm³/mol. The minimum absolute atomic E-state index is 0.0518. The number of hydrogen-bond acceptors (Lipinski definition) is 6. The second-order valence-corrected chi connectivity index (χ2v) is 10.7. The normalized spacial score (nSPS) is 11.7. The summed E-state index contributed by atoms with van der Waals surface area (Å²) in [7, 11) is -4.55. The number of carbonyl (C=O) groups excluding carboxylic acids is 1. The molecule has 0 bridgehead atoms. The molecule has 7 nitrogen and oxygen atoms in total. The van der Waals surface area contributed by atoms with Crippen molar-refractivity contribution in [2.45, 2.75) is 29.1 Å². The number of urea groups is 1. The van der Waals surface area contributed by atoms with Gasteiger partial charge in [0.15, 0.2) is 0 Å². The first-order valence-electron chi connectivity index (χ1n) is 11.5. The van der Waals surface area contributed by atoms with E-state index < -0.39 is 32.8 Å². The molecular weight excluding hydrogens is 553 g/mol. The summed E-state index contributed by atoms with van der Waals surface area (Å²) >= 11 is 1.57. The van der Waals surface area contributed by atoms with Crippen LogP contribution in [0.4, 0.5) is 23.7 Å². The van der Waals surface area contributed by atoms with Crippen LogP contribution in [0, 0.1) is 0 Å². The Labute approximate surface area is 227 Å². The molecule has 0 atom stereocenters. The van der Waals surface area contributed by atoms with Gasteiger partial charge in [0.05, 0.1) is 18.4 Å². The average Bonchev–Trinajstić information content (AvgIpc) is 3.41. The lowest BCUT2D eigenvalue weighted by Crippen LogP contribution is -2.34. The van der Waals surface area contributed by atoms with Gasteiger partial charge in [0.1, 0.15) is 16.4 Å². The summed E-state index contributed by atoms with van der Waals surface area (Å²) in [5, 5.41) is 2.83. The summed E-state index contributed by atoms with van der Waals surface area (Å²) in [5.41, 5.74) is 0.00119. The van der Waals surface area contributed by atoms with E-state index in [1.807, 2.05) is 18.4 Å². The van der Waals surface area contributed by atoms with Crippen LogP contribution in [0.3, 0.4) is 0 Å². The molecule has 4 rings (SSSR count). The second kappa shape index (κ2) is 11.9. The van der Waals surface area contributed by atoms with Crippen LogP contribution >= 0.6 is 11.8 Å². The fraction of sp³-hybridized carbons (Fsp3) is 0.148. The first-order valence-corrected chi connectivity index (χ1v) is 14.1. The lowest BCUT2D eigenvalue weighted by molar-refractivity contribution is -0.137. The number of benzene rings is 3. The zero-order valence-corrected chi connectivity index (χ0v) is 22.1. The smallest absolute Gasteiger partial charge is 0.416 e. The Balaban J connectivity index is 1.53. The van der Waals surface area contributed by atoms with Crippen molar-refractivity contribution in [1.82, 2.24) is 4.90 Å². The first kappa shape index (κ1) is 28.1. The Hall–Kier alpha value is -3.90. The van der Waals surface area contributed by atoms with Gasteiger partial charge in [-0.25, -0.2) is 4.79 Å². The van der Waals surface area contributed by atoms with E-state index >= 15 is 0 Å². The van der Waals surface area contributed by atoms with E-state index in [0.29, 0.717) is 23.1 Å². The molecule has 0 fully saturated rings. The van der Waals surface area contributed by atoms with Crippen molar-refractivity contribution in [2.24, 2.45) is 0 Å². The van der Waals surface area contributed by atoms with Crippen molar-refractivity contribution in [1.29, 1.82) is 0 Å². The maximum absolute atomic E-state index is 13.2. The summed E-state index contributed by atoms with van der Waals surface area (Å²) in [6.07, 6.45) is -1.28. The molecule has 2 amide bonds. The van der Waals surface area contributed by atoms with Crippen LogP contribution in [0.5, 0.6) is 5.75 Å². The van der Waals surface area contributed by atoms with Gasteiger partial charge in [-0.05, 0) is 78.5 Å². The summed E-state index contributed by atoms with van der Waals surface area (Å²) in [4.78, 5) is 15.0. The molecule has 0 spiro atoms. The number of furan rings is 1. The highest BCUT2D eigenvalue weighted by molar-refractivity contribution is 7.98. The monoisotopic (exact) mass is 576 g/mol. The second-order valence-electron chi connectivity index (χ2n) is 8.30. The number of rotatable bonds is 9. The maximum Gasteiger partial charge on any atom is 0.416 e. The quantitative estimate of drug-likeness (QED) is 0.170. The molecule has 12 heteroatoms. The van der Waals surface area contributed by atoms with E-state index in [9.17, 15) is 26.4 Å². The van der Waals surface area contributed by atoms with Crippen LogP contribution in [-0.4, -0.2) is 25.6 Å². The van der Waals surface area contributed by atoms with Crippen molar-refractivity contribution < 1.29 is 35.0 Å². The Morgan fingerprint density at radius 1 is 0.974 bits per heavy atom. The van der Waals surface area contributed by atoms with Gasteiger partial charge in [0.2, 0.25) is 0 Å². The highest BCUT2D eigenvalue weighted by atomic mass is 32.2. The van der Waals surface area contributed by atoms with Crippen molar-refractivity contribution in [3.05, 3.63) is 108 Å². The molecule has 0 aliphatic rings. The van der Waals surface area contributed by atoms with Gasteiger partial charge in [-0.15, -0.1) is 11.8 Å². The molecular formula is C27H23F3N2O5S2. The molecule has 1 N–H and O–H groups in total. The number of thioether (sulfide) groups is 1.